The third-order valence-electron chi connectivity index (χ3n) is 7.83. The number of hydrogen-bond donors (Lipinski definition) is 2. The Hall–Kier alpha value is -3.92. The summed E-state index contributed by atoms with van der Waals surface area (Å²) in [6, 6.07) is 15.9. The molecule has 1 aromatic heterocycles. The van der Waals surface area contributed by atoms with Crippen LogP contribution in [0.15, 0.2) is 59.5 Å². The van der Waals surface area contributed by atoms with Crippen LogP contribution in [0.4, 0.5) is 5.69 Å². The van der Waals surface area contributed by atoms with Gasteiger partial charge in [0.1, 0.15) is 11.1 Å². The van der Waals surface area contributed by atoms with E-state index in [2.05, 4.69) is 52.7 Å². The number of morpholine rings is 1. The second-order valence-electron chi connectivity index (χ2n) is 11.0. The Kier molecular flexibility index (Phi) is 7.91. The first kappa shape index (κ1) is 27.3. The Morgan fingerprint density at radius 2 is 1.78 bits per heavy atom. The van der Waals surface area contributed by atoms with Gasteiger partial charge in [0, 0.05) is 38.9 Å². The molecule has 0 spiro atoms. The third kappa shape index (κ3) is 5.66. The van der Waals surface area contributed by atoms with E-state index in [0.29, 0.717) is 48.7 Å². The van der Waals surface area contributed by atoms with Crippen LogP contribution in [0.1, 0.15) is 23.2 Å². The van der Waals surface area contributed by atoms with Gasteiger partial charge in [-0.15, -0.1) is 0 Å². The average Bonchev–Trinajstić information content (AvgIpc) is 2.98. The number of nitrogens with zero attached hydrogens (tertiary/aromatic N) is 3. The molecule has 2 aliphatic rings. The molecular formula is C32H37N5O4. The lowest BCUT2D eigenvalue weighted by Crippen LogP contribution is -2.42. The highest BCUT2D eigenvalue weighted by molar-refractivity contribution is 6.01. The van der Waals surface area contributed by atoms with Crippen molar-refractivity contribution in [3.63, 3.8) is 0 Å². The molecule has 1 saturated heterocycles. The van der Waals surface area contributed by atoms with Gasteiger partial charge in [-0.1, -0.05) is 24.3 Å². The summed E-state index contributed by atoms with van der Waals surface area (Å²) in [5, 5.41) is 9.06. The Labute approximate surface area is 239 Å². The summed E-state index contributed by atoms with van der Waals surface area (Å²) in [5.74, 6) is 0.920. The molecule has 0 unspecified atom stereocenters. The number of carbonyl (C=O) groups excluding carboxylic acids is 1. The number of aromatic nitrogens is 1. The van der Waals surface area contributed by atoms with Crippen LogP contribution in [0.5, 0.6) is 11.5 Å². The van der Waals surface area contributed by atoms with Gasteiger partial charge in [0.05, 0.1) is 30.0 Å². The molecule has 3 heterocycles. The van der Waals surface area contributed by atoms with Crippen LogP contribution < -0.4 is 20.8 Å². The topological polar surface area (TPSA) is 88.1 Å². The Morgan fingerprint density at radius 3 is 2.56 bits per heavy atom. The largest absolute Gasteiger partial charge is 0.451 e. The Morgan fingerprint density at radius 1 is 1.00 bits per heavy atom. The van der Waals surface area contributed by atoms with Crippen molar-refractivity contribution in [3.8, 4) is 17.2 Å². The number of fused-ring (bicyclic) bond motifs is 3. The molecule has 0 atom stereocenters. The van der Waals surface area contributed by atoms with E-state index in [9.17, 15) is 9.59 Å². The molecule has 41 heavy (non-hydrogen) atoms. The number of hydrogen-bond acceptors (Lipinski definition) is 7. The zero-order valence-electron chi connectivity index (χ0n) is 23.7. The van der Waals surface area contributed by atoms with Crippen LogP contribution in [0.2, 0.25) is 0 Å². The lowest BCUT2D eigenvalue weighted by Gasteiger charge is -2.27. The van der Waals surface area contributed by atoms with Gasteiger partial charge in [0.2, 0.25) is 5.43 Å². The molecule has 9 nitrogen and oxygen atoms in total. The van der Waals surface area contributed by atoms with Gasteiger partial charge < -0.3 is 29.6 Å². The number of pyridine rings is 1. The number of anilines is 1. The highest BCUT2D eigenvalue weighted by Crippen LogP contribution is 2.45. The van der Waals surface area contributed by atoms with E-state index in [1.54, 1.807) is 12.3 Å². The molecule has 6 rings (SSSR count). The van der Waals surface area contributed by atoms with E-state index >= 15 is 0 Å². The normalized spacial score (nSPS) is 14.7. The first-order valence-electron chi connectivity index (χ1n) is 14.4. The average molecular weight is 556 g/mol. The summed E-state index contributed by atoms with van der Waals surface area (Å²) in [6.45, 7) is 6.09. The lowest BCUT2D eigenvalue weighted by molar-refractivity contribution is 0.0383. The van der Waals surface area contributed by atoms with Gasteiger partial charge in [-0.05, 0) is 68.5 Å². The lowest BCUT2D eigenvalue weighted by atomic mass is 10.0. The summed E-state index contributed by atoms with van der Waals surface area (Å²) in [7, 11) is 4.15. The van der Waals surface area contributed by atoms with Gasteiger partial charge in [-0.25, -0.2) is 0 Å². The molecule has 1 amide bonds. The molecule has 0 saturated carbocycles. The SMILES string of the molecule is CN(C)CCCCNc1ccc2c(=O)c(C(=O)NCCN3CCOCC3)cn3c2c1Oc1cc2ccccc2cc1-3. The molecule has 0 radical (unpaired) electrons. The maximum Gasteiger partial charge on any atom is 0.256 e. The molecule has 214 valence electrons. The van der Waals surface area contributed by atoms with Crippen molar-refractivity contribution < 1.29 is 14.3 Å². The van der Waals surface area contributed by atoms with Gasteiger partial charge in [-0.3, -0.25) is 14.5 Å². The van der Waals surface area contributed by atoms with Gasteiger partial charge >= 0.3 is 0 Å². The van der Waals surface area contributed by atoms with Crippen LogP contribution in [0.25, 0.3) is 27.4 Å². The van der Waals surface area contributed by atoms with E-state index in [1.807, 2.05) is 28.8 Å². The van der Waals surface area contributed by atoms with Gasteiger partial charge in [0.25, 0.3) is 5.91 Å². The number of carbonyl (C=O) groups is 1. The highest BCUT2D eigenvalue weighted by Gasteiger charge is 2.26. The standard InChI is InChI=1S/C32H37N5O4/c1-35(2)13-6-5-11-33-26-10-9-24-29-31(26)41-28-20-23-8-4-3-7-22(23)19-27(28)37(29)21-25(30(24)38)32(39)34-12-14-36-15-17-40-18-16-36/h3-4,7-10,19-21,33H,5-6,11-18H2,1-2H3,(H,34,39). The van der Waals surface area contributed by atoms with E-state index in [-0.39, 0.29) is 16.9 Å². The van der Waals surface area contributed by atoms with Crippen molar-refractivity contribution in [2.75, 3.05) is 71.9 Å². The predicted molar refractivity (Wildman–Crippen MR) is 163 cm³/mol. The predicted octanol–water partition coefficient (Wildman–Crippen LogP) is 4.07. The fourth-order valence-corrected chi connectivity index (χ4v) is 5.60. The molecule has 9 heteroatoms. The molecule has 2 N–H and O–H groups in total. The van der Waals surface area contributed by atoms with E-state index in [1.165, 1.54) is 0 Å². The van der Waals surface area contributed by atoms with Crippen LogP contribution in [-0.2, 0) is 4.74 Å². The Bertz CT molecular complexity index is 1640. The number of benzene rings is 3. The summed E-state index contributed by atoms with van der Waals surface area (Å²) in [6.07, 6.45) is 3.76. The van der Waals surface area contributed by atoms with Crippen LogP contribution in [0.3, 0.4) is 0 Å². The van der Waals surface area contributed by atoms with Crippen LogP contribution in [0, 0.1) is 0 Å². The molecule has 1 fully saturated rings. The zero-order chi connectivity index (χ0) is 28.3. The minimum absolute atomic E-state index is 0.121. The fourth-order valence-electron chi connectivity index (χ4n) is 5.60. The van der Waals surface area contributed by atoms with Crippen molar-refractivity contribution in [2.24, 2.45) is 0 Å². The number of ether oxygens (including phenoxy) is 2. The van der Waals surface area contributed by atoms with Crippen LogP contribution >= 0.6 is 0 Å². The fraction of sp³-hybridized carbons (Fsp3) is 0.375. The minimum atomic E-state index is -0.368. The Balaban J connectivity index is 1.36. The summed E-state index contributed by atoms with van der Waals surface area (Å²) < 4.78 is 13.9. The number of amides is 1. The first-order valence-corrected chi connectivity index (χ1v) is 14.4. The van der Waals surface area contributed by atoms with Gasteiger partial charge in [-0.2, -0.15) is 0 Å². The number of nitrogens with one attached hydrogen (secondary N) is 2. The van der Waals surface area contributed by atoms with Crippen molar-refractivity contribution in [3.05, 3.63) is 70.5 Å². The van der Waals surface area contributed by atoms with Crippen molar-refractivity contribution in [2.45, 2.75) is 12.8 Å². The van der Waals surface area contributed by atoms with E-state index < -0.39 is 0 Å². The van der Waals surface area contributed by atoms with Crippen molar-refractivity contribution >= 4 is 33.3 Å². The summed E-state index contributed by atoms with van der Waals surface area (Å²) in [4.78, 5) is 31.5. The molecular weight excluding hydrogens is 518 g/mol. The highest BCUT2D eigenvalue weighted by atomic mass is 16.5. The summed E-state index contributed by atoms with van der Waals surface area (Å²) >= 11 is 0. The zero-order valence-corrected chi connectivity index (χ0v) is 23.7. The molecule has 2 aliphatic heterocycles. The quantitative estimate of drug-likeness (QED) is 0.251. The second-order valence-corrected chi connectivity index (χ2v) is 11.0. The molecule has 0 bridgehead atoms. The van der Waals surface area contributed by atoms with E-state index in [0.717, 1.165) is 61.2 Å². The van der Waals surface area contributed by atoms with Crippen LogP contribution in [-0.4, -0.2) is 86.9 Å². The second kappa shape index (κ2) is 11.9. The van der Waals surface area contributed by atoms with Crippen molar-refractivity contribution in [1.82, 2.24) is 19.7 Å². The molecule has 4 aromatic rings. The molecule has 0 aliphatic carbocycles. The van der Waals surface area contributed by atoms with Gasteiger partial charge in [0.15, 0.2) is 11.5 Å². The van der Waals surface area contributed by atoms with Crippen molar-refractivity contribution in [1.29, 1.82) is 0 Å². The summed E-state index contributed by atoms with van der Waals surface area (Å²) in [5.41, 5.74) is 2.12. The maximum absolute atomic E-state index is 13.7. The monoisotopic (exact) mass is 555 g/mol. The number of rotatable bonds is 10. The molecule has 3 aromatic carbocycles. The van der Waals surface area contributed by atoms with E-state index in [4.69, 9.17) is 9.47 Å². The first-order chi connectivity index (χ1) is 20.0. The number of unbranched alkanes of at least 4 members (excludes halogenated alkanes) is 1. The smallest absolute Gasteiger partial charge is 0.256 e. The minimum Gasteiger partial charge on any atom is -0.451 e. The third-order valence-corrected chi connectivity index (χ3v) is 7.83. The maximum atomic E-state index is 13.7.